The molecule has 0 saturated carbocycles. The lowest BCUT2D eigenvalue weighted by atomic mass is 9.77. The summed E-state index contributed by atoms with van der Waals surface area (Å²) in [4.78, 5) is 33.0. The standard InChI is InChI=1S/C43H55N5O4/c1-28-29(2)40(49)45(7)25-35(28)31-21-38(51-8)36(39(22-31)52-9)26-46-18-14-43(15-19-46)16-20-47(27-43)37-12-10-11-33-30(3)48(17-13-34(33)37)41(50)32(24-44)23-42(4,5)6/h10-12,21-23,25,30H,13-20,26-27H2,1-9H3. The predicted molar refractivity (Wildman–Crippen MR) is 207 cm³/mol. The first-order chi connectivity index (χ1) is 24.7. The minimum atomic E-state index is -0.247. The number of nitrogens with zero attached hydrogens (tertiary/aromatic N) is 5. The molecule has 276 valence electrons. The molecule has 0 radical (unpaired) electrons. The van der Waals surface area contributed by atoms with E-state index in [4.69, 9.17) is 9.47 Å². The van der Waals surface area contributed by atoms with Gasteiger partial charge < -0.3 is 23.8 Å². The molecular formula is C43H55N5O4. The second-order valence-corrected chi connectivity index (χ2v) is 16.3. The number of fused-ring (bicyclic) bond motifs is 1. The molecule has 52 heavy (non-hydrogen) atoms. The fourth-order valence-corrected chi connectivity index (χ4v) is 8.67. The van der Waals surface area contributed by atoms with Crippen molar-refractivity contribution in [2.45, 2.75) is 79.8 Å². The van der Waals surface area contributed by atoms with Crippen LogP contribution in [-0.4, -0.2) is 67.2 Å². The molecule has 3 aliphatic rings. The Morgan fingerprint density at radius 2 is 1.67 bits per heavy atom. The molecule has 1 atom stereocenters. The number of carbonyl (C=O) groups is 1. The van der Waals surface area contributed by atoms with Crippen LogP contribution in [0.15, 0.2) is 53.0 Å². The minimum absolute atomic E-state index is 0.0167. The van der Waals surface area contributed by atoms with Crippen LogP contribution in [0.2, 0.25) is 0 Å². The second-order valence-electron chi connectivity index (χ2n) is 16.3. The van der Waals surface area contributed by atoms with Gasteiger partial charge in [0.15, 0.2) is 0 Å². The molecule has 0 N–H and O–H groups in total. The number of nitriles is 1. The fraction of sp³-hybridized carbons (Fsp3) is 0.512. The normalized spacial score (nSPS) is 19.1. The molecule has 0 aliphatic carbocycles. The molecule has 2 fully saturated rings. The molecule has 3 aromatic rings. The third-order valence-electron chi connectivity index (χ3n) is 11.8. The summed E-state index contributed by atoms with van der Waals surface area (Å²) in [7, 11) is 5.22. The van der Waals surface area contributed by atoms with E-state index in [0.717, 1.165) is 91.3 Å². The Labute approximate surface area is 309 Å². The van der Waals surface area contributed by atoms with Crippen molar-refractivity contribution < 1.29 is 14.3 Å². The number of benzene rings is 2. The van der Waals surface area contributed by atoms with Gasteiger partial charge in [-0.15, -0.1) is 0 Å². The van der Waals surface area contributed by atoms with Crippen LogP contribution in [0.3, 0.4) is 0 Å². The summed E-state index contributed by atoms with van der Waals surface area (Å²) in [5, 5.41) is 9.80. The average molecular weight is 706 g/mol. The van der Waals surface area contributed by atoms with E-state index in [1.807, 2.05) is 45.7 Å². The monoisotopic (exact) mass is 705 g/mol. The zero-order valence-corrected chi connectivity index (χ0v) is 32.6. The Kier molecular flexibility index (Phi) is 10.4. The number of pyridine rings is 1. The van der Waals surface area contributed by atoms with Crippen LogP contribution < -0.4 is 19.9 Å². The van der Waals surface area contributed by atoms with Crippen LogP contribution in [0.25, 0.3) is 11.1 Å². The van der Waals surface area contributed by atoms with Gasteiger partial charge in [0.2, 0.25) is 0 Å². The summed E-state index contributed by atoms with van der Waals surface area (Å²) >= 11 is 0. The van der Waals surface area contributed by atoms with Crippen molar-refractivity contribution in [2.75, 3.05) is 51.8 Å². The molecule has 9 heteroatoms. The largest absolute Gasteiger partial charge is 0.496 e. The number of aryl methyl sites for hydroxylation is 1. The SMILES string of the molecule is COc1cc(-c2cn(C)c(=O)c(C)c2C)cc(OC)c1CN1CCC2(CC1)CCN(c1cccc3c1CCN(C(=O)C(C#N)=CC(C)(C)C)C3C)C2. The molecule has 2 aromatic carbocycles. The van der Waals surface area contributed by atoms with Gasteiger partial charge in [0.25, 0.3) is 11.5 Å². The number of amides is 1. The smallest absolute Gasteiger partial charge is 0.264 e. The van der Waals surface area contributed by atoms with Crippen molar-refractivity contribution in [2.24, 2.45) is 17.9 Å². The van der Waals surface area contributed by atoms with Crippen molar-refractivity contribution in [1.29, 1.82) is 5.26 Å². The summed E-state index contributed by atoms with van der Waals surface area (Å²) in [5.74, 6) is 1.42. The number of methoxy groups -OCH3 is 2. The number of rotatable bonds is 7. The topological polar surface area (TPSA) is 91.0 Å². The summed E-state index contributed by atoms with van der Waals surface area (Å²) in [6, 6.07) is 12.8. The number of allylic oxidation sites excluding steroid dienone is 1. The van der Waals surface area contributed by atoms with E-state index in [1.54, 1.807) is 31.9 Å². The predicted octanol–water partition coefficient (Wildman–Crippen LogP) is 7.12. The molecule has 1 unspecified atom stereocenters. The first-order valence-corrected chi connectivity index (χ1v) is 18.6. The van der Waals surface area contributed by atoms with Gasteiger partial charge in [-0.25, -0.2) is 0 Å². The fourth-order valence-electron chi connectivity index (χ4n) is 8.67. The van der Waals surface area contributed by atoms with Crippen LogP contribution in [-0.2, 0) is 24.8 Å². The molecule has 1 amide bonds. The molecule has 4 heterocycles. The van der Waals surface area contributed by atoms with E-state index in [0.29, 0.717) is 6.54 Å². The first-order valence-electron chi connectivity index (χ1n) is 18.6. The Morgan fingerprint density at radius 1 is 1.02 bits per heavy atom. The molecule has 3 aliphatic heterocycles. The van der Waals surface area contributed by atoms with Gasteiger partial charge in [-0.1, -0.05) is 39.0 Å². The third-order valence-corrected chi connectivity index (χ3v) is 11.8. The summed E-state index contributed by atoms with van der Waals surface area (Å²) in [6.07, 6.45) is 7.92. The maximum atomic E-state index is 13.5. The molecule has 1 aromatic heterocycles. The second kappa shape index (κ2) is 14.5. The van der Waals surface area contributed by atoms with E-state index < -0.39 is 0 Å². The van der Waals surface area contributed by atoms with E-state index in [2.05, 4.69) is 53.1 Å². The molecule has 0 bridgehead atoms. The highest BCUT2D eigenvalue weighted by molar-refractivity contribution is 5.97. The third kappa shape index (κ3) is 7.10. The molecule has 2 saturated heterocycles. The number of hydrogen-bond donors (Lipinski definition) is 0. The van der Waals surface area contributed by atoms with Gasteiger partial charge in [-0.2, -0.15) is 5.26 Å². The lowest BCUT2D eigenvalue weighted by Crippen LogP contribution is -2.42. The zero-order chi connectivity index (χ0) is 37.5. The Hall–Kier alpha value is -4.55. The highest BCUT2D eigenvalue weighted by Crippen LogP contribution is 2.45. The van der Waals surface area contributed by atoms with Gasteiger partial charge in [0.1, 0.15) is 23.1 Å². The van der Waals surface area contributed by atoms with Crippen LogP contribution in [0, 0.1) is 36.0 Å². The highest BCUT2D eigenvalue weighted by Gasteiger charge is 2.42. The molecule has 6 rings (SSSR count). The number of hydrogen-bond acceptors (Lipinski definition) is 7. The minimum Gasteiger partial charge on any atom is -0.496 e. The number of piperidine rings is 1. The first kappa shape index (κ1) is 37.2. The van der Waals surface area contributed by atoms with Gasteiger partial charge in [0, 0.05) is 56.2 Å². The summed E-state index contributed by atoms with van der Waals surface area (Å²) in [6.45, 7) is 17.4. The van der Waals surface area contributed by atoms with E-state index >= 15 is 0 Å². The van der Waals surface area contributed by atoms with Crippen LogP contribution >= 0.6 is 0 Å². The van der Waals surface area contributed by atoms with E-state index in [1.165, 1.54) is 23.2 Å². The van der Waals surface area contributed by atoms with Gasteiger partial charge in [-0.05, 0) is 111 Å². The van der Waals surface area contributed by atoms with Gasteiger partial charge >= 0.3 is 0 Å². The van der Waals surface area contributed by atoms with Gasteiger partial charge in [-0.3, -0.25) is 14.5 Å². The maximum Gasteiger partial charge on any atom is 0.264 e. The zero-order valence-electron chi connectivity index (χ0n) is 32.6. The van der Waals surface area contributed by atoms with Crippen molar-refractivity contribution in [3.05, 3.63) is 86.3 Å². The van der Waals surface area contributed by atoms with Crippen LogP contribution in [0.5, 0.6) is 11.5 Å². The lowest BCUT2D eigenvalue weighted by molar-refractivity contribution is -0.129. The number of aromatic nitrogens is 1. The number of ether oxygens (including phenoxy) is 2. The Bertz CT molecular complexity index is 1960. The van der Waals surface area contributed by atoms with Crippen molar-refractivity contribution in [3.63, 3.8) is 0 Å². The van der Waals surface area contributed by atoms with Crippen molar-refractivity contribution in [1.82, 2.24) is 14.4 Å². The summed E-state index contributed by atoms with van der Waals surface area (Å²) in [5.41, 5.74) is 8.84. The highest BCUT2D eigenvalue weighted by atomic mass is 16.5. The average Bonchev–Trinajstić information content (AvgIpc) is 3.54. The number of carbonyl (C=O) groups excluding carboxylic acids is 1. The van der Waals surface area contributed by atoms with Crippen molar-refractivity contribution >= 4 is 11.6 Å². The van der Waals surface area contributed by atoms with E-state index in [9.17, 15) is 14.9 Å². The van der Waals surface area contributed by atoms with Crippen LogP contribution in [0.1, 0.15) is 80.8 Å². The molecular weight excluding hydrogens is 651 g/mol. The Balaban J connectivity index is 1.14. The maximum absolute atomic E-state index is 13.5. The molecule has 9 nitrogen and oxygen atoms in total. The van der Waals surface area contributed by atoms with E-state index in [-0.39, 0.29) is 33.9 Å². The van der Waals surface area contributed by atoms with Crippen molar-refractivity contribution in [3.8, 4) is 28.7 Å². The van der Waals surface area contributed by atoms with Gasteiger partial charge in [0.05, 0.1) is 25.8 Å². The Morgan fingerprint density at radius 3 is 2.29 bits per heavy atom. The lowest BCUT2D eigenvalue weighted by Gasteiger charge is -2.40. The number of anilines is 1. The summed E-state index contributed by atoms with van der Waals surface area (Å²) < 4.78 is 13.6. The van der Waals surface area contributed by atoms with Crippen LogP contribution in [0.4, 0.5) is 5.69 Å². The number of likely N-dealkylation sites (tertiary alicyclic amines) is 1. The molecule has 1 spiro atoms. The quantitative estimate of drug-likeness (QED) is 0.191.